The highest BCUT2D eigenvalue weighted by Crippen LogP contribution is 2.17. The van der Waals surface area contributed by atoms with Gasteiger partial charge in [-0.15, -0.1) is 0 Å². The number of ether oxygens (including phenoxy) is 1. The summed E-state index contributed by atoms with van der Waals surface area (Å²) < 4.78 is 18.6. The van der Waals surface area contributed by atoms with Crippen molar-refractivity contribution in [1.82, 2.24) is 10.2 Å². The van der Waals surface area contributed by atoms with Gasteiger partial charge in [0.2, 0.25) is 5.91 Å². The largest absolute Gasteiger partial charge is 0.484 e. The Morgan fingerprint density at radius 1 is 1.10 bits per heavy atom. The van der Waals surface area contributed by atoms with Crippen LogP contribution in [-0.4, -0.2) is 35.9 Å². The summed E-state index contributed by atoms with van der Waals surface area (Å²) in [4.78, 5) is 27.3. The van der Waals surface area contributed by atoms with Gasteiger partial charge in [0.05, 0.1) is 0 Å². The molecule has 2 rings (SSSR count). The maximum absolute atomic E-state index is 13.1. The molecular weight excluding hydrogens is 407 g/mol. The Morgan fingerprint density at radius 3 is 2.37 bits per heavy atom. The SMILES string of the molecule is CCCCNC(=O)[C@@H](CC)N(Cc1ccc(Cl)cc1)C(=O)COc1ccc(F)cc1. The average molecular weight is 435 g/mol. The summed E-state index contributed by atoms with van der Waals surface area (Å²) in [5.41, 5.74) is 0.856. The quantitative estimate of drug-likeness (QED) is 0.526. The van der Waals surface area contributed by atoms with Crippen molar-refractivity contribution in [2.75, 3.05) is 13.2 Å². The van der Waals surface area contributed by atoms with Crippen molar-refractivity contribution < 1.29 is 18.7 Å². The van der Waals surface area contributed by atoms with Gasteiger partial charge in [0, 0.05) is 18.1 Å². The minimum absolute atomic E-state index is 0.185. The summed E-state index contributed by atoms with van der Waals surface area (Å²) in [6.07, 6.45) is 2.31. The number of hydrogen-bond donors (Lipinski definition) is 1. The second kappa shape index (κ2) is 12.2. The monoisotopic (exact) mass is 434 g/mol. The lowest BCUT2D eigenvalue weighted by Gasteiger charge is -2.30. The van der Waals surface area contributed by atoms with Gasteiger partial charge in [0.25, 0.3) is 5.91 Å². The van der Waals surface area contributed by atoms with Crippen LogP contribution < -0.4 is 10.1 Å². The molecule has 2 aromatic carbocycles. The maximum Gasteiger partial charge on any atom is 0.261 e. The molecule has 0 saturated heterocycles. The van der Waals surface area contributed by atoms with Gasteiger partial charge in [-0.25, -0.2) is 4.39 Å². The van der Waals surface area contributed by atoms with Gasteiger partial charge < -0.3 is 15.0 Å². The molecule has 0 heterocycles. The number of rotatable bonds is 11. The van der Waals surface area contributed by atoms with Crippen molar-refractivity contribution in [3.63, 3.8) is 0 Å². The molecule has 5 nitrogen and oxygen atoms in total. The van der Waals surface area contributed by atoms with Crippen LogP contribution in [0.5, 0.6) is 5.75 Å². The zero-order chi connectivity index (χ0) is 21.9. The maximum atomic E-state index is 13.1. The molecule has 1 atom stereocenters. The standard InChI is InChI=1S/C23H28ClFN2O3/c1-3-5-14-26-23(29)21(4-2)27(15-17-6-8-18(24)9-7-17)22(28)16-30-20-12-10-19(25)11-13-20/h6-13,21H,3-5,14-16H2,1-2H3,(H,26,29)/t21-/m1/s1. The van der Waals surface area contributed by atoms with Crippen LogP contribution in [0.4, 0.5) is 4.39 Å². The van der Waals surface area contributed by atoms with Crippen molar-refractivity contribution >= 4 is 23.4 Å². The van der Waals surface area contributed by atoms with Crippen molar-refractivity contribution in [3.05, 3.63) is 64.9 Å². The molecule has 0 aliphatic carbocycles. The summed E-state index contributed by atoms with van der Waals surface area (Å²) in [6.45, 7) is 4.49. The molecule has 30 heavy (non-hydrogen) atoms. The Bertz CT molecular complexity index is 812. The van der Waals surface area contributed by atoms with Crippen LogP contribution in [0.15, 0.2) is 48.5 Å². The first-order valence-corrected chi connectivity index (χ1v) is 10.5. The predicted octanol–water partition coefficient (Wildman–Crippen LogP) is 4.58. The van der Waals surface area contributed by atoms with Crippen LogP contribution in [0.2, 0.25) is 5.02 Å². The molecule has 0 spiro atoms. The van der Waals surface area contributed by atoms with Crippen LogP contribution in [0, 0.1) is 5.82 Å². The van der Waals surface area contributed by atoms with Gasteiger partial charge in [-0.3, -0.25) is 9.59 Å². The zero-order valence-electron chi connectivity index (χ0n) is 17.4. The molecule has 0 radical (unpaired) electrons. The molecule has 0 fully saturated rings. The van der Waals surface area contributed by atoms with E-state index in [9.17, 15) is 14.0 Å². The summed E-state index contributed by atoms with van der Waals surface area (Å²) in [7, 11) is 0. The molecule has 1 N–H and O–H groups in total. The Kier molecular flexibility index (Phi) is 9.61. The summed E-state index contributed by atoms with van der Waals surface area (Å²) in [5, 5.41) is 3.51. The van der Waals surface area contributed by atoms with Crippen LogP contribution in [0.1, 0.15) is 38.7 Å². The molecular formula is C23H28ClFN2O3. The third-order valence-electron chi connectivity index (χ3n) is 4.66. The van der Waals surface area contributed by atoms with E-state index in [-0.39, 0.29) is 30.8 Å². The van der Waals surface area contributed by atoms with E-state index in [1.165, 1.54) is 29.2 Å². The number of nitrogens with zero attached hydrogens (tertiary/aromatic N) is 1. The van der Waals surface area contributed by atoms with E-state index < -0.39 is 6.04 Å². The minimum Gasteiger partial charge on any atom is -0.484 e. The topological polar surface area (TPSA) is 58.6 Å². The van der Waals surface area contributed by atoms with Crippen LogP contribution in [0.3, 0.4) is 0 Å². The number of amides is 2. The molecule has 0 aliphatic heterocycles. The molecule has 7 heteroatoms. The number of halogens is 2. The van der Waals surface area contributed by atoms with Gasteiger partial charge in [-0.2, -0.15) is 0 Å². The van der Waals surface area contributed by atoms with Gasteiger partial charge >= 0.3 is 0 Å². The van der Waals surface area contributed by atoms with Crippen molar-refractivity contribution in [2.45, 2.75) is 45.7 Å². The average Bonchev–Trinajstić information content (AvgIpc) is 2.74. The van der Waals surface area contributed by atoms with Gasteiger partial charge in [0.1, 0.15) is 17.6 Å². The molecule has 0 aliphatic rings. The van der Waals surface area contributed by atoms with E-state index >= 15 is 0 Å². The summed E-state index contributed by atoms with van der Waals surface area (Å²) >= 11 is 5.96. The van der Waals surface area contributed by atoms with Gasteiger partial charge in [-0.1, -0.05) is 44.0 Å². The first kappa shape index (κ1) is 23.7. The van der Waals surface area contributed by atoms with E-state index in [2.05, 4.69) is 5.32 Å². The highest BCUT2D eigenvalue weighted by molar-refractivity contribution is 6.30. The predicted molar refractivity (Wildman–Crippen MR) is 116 cm³/mol. The Morgan fingerprint density at radius 2 is 1.77 bits per heavy atom. The fourth-order valence-electron chi connectivity index (χ4n) is 2.97. The van der Waals surface area contributed by atoms with E-state index in [1.807, 2.05) is 26.0 Å². The van der Waals surface area contributed by atoms with Crippen LogP contribution in [-0.2, 0) is 16.1 Å². The highest BCUT2D eigenvalue weighted by atomic mass is 35.5. The van der Waals surface area contributed by atoms with Crippen molar-refractivity contribution in [1.29, 1.82) is 0 Å². The van der Waals surface area contributed by atoms with E-state index in [0.29, 0.717) is 23.7 Å². The van der Waals surface area contributed by atoms with Gasteiger partial charge in [0.15, 0.2) is 6.61 Å². The van der Waals surface area contributed by atoms with Crippen LogP contribution in [0.25, 0.3) is 0 Å². The molecule has 2 aromatic rings. The van der Waals surface area contributed by atoms with Crippen LogP contribution >= 0.6 is 11.6 Å². The van der Waals surface area contributed by atoms with E-state index in [1.54, 1.807) is 12.1 Å². The Labute approximate surface area is 182 Å². The van der Waals surface area contributed by atoms with Crippen molar-refractivity contribution in [3.8, 4) is 5.75 Å². The molecule has 162 valence electrons. The zero-order valence-corrected chi connectivity index (χ0v) is 18.1. The lowest BCUT2D eigenvalue weighted by atomic mass is 10.1. The molecule has 0 unspecified atom stereocenters. The second-order valence-corrected chi connectivity index (χ2v) is 7.40. The molecule has 0 saturated carbocycles. The number of hydrogen-bond acceptors (Lipinski definition) is 3. The third kappa shape index (κ3) is 7.34. The normalized spacial score (nSPS) is 11.6. The first-order chi connectivity index (χ1) is 14.4. The minimum atomic E-state index is -0.623. The van der Waals surface area contributed by atoms with Gasteiger partial charge in [-0.05, 0) is 54.8 Å². The van der Waals surface area contributed by atoms with E-state index in [0.717, 1.165) is 18.4 Å². The molecule has 0 bridgehead atoms. The fraction of sp³-hybridized carbons (Fsp3) is 0.391. The third-order valence-corrected chi connectivity index (χ3v) is 4.91. The second-order valence-electron chi connectivity index (χ2n) is 6.96. The lowest BCUT2D eigenvalue weighted by molar-refractivity contribution is -0.143. The number of carbonyl (C=O) groups is 2. The lowest BCUT2D eigenvalue weighted by Crippen LogP contribution is -2.50. The fourth-order valence-corrected chi connectivity index (χ4v) is 3.10. The first-order valence-electron chi connectivity index (χ1n) is 10.1. The highest BCUT2D eigenvalue weighted by Gasteiger charge is 2.28. The van der Waals surface area contributed by atoms with Crippen molar-refractivity contribution in [2.24, 2.45) is 0 Å². The summed E-state index contributed by atoms with van der Waals surface area (Å²) in [5.74, 6) is -0.508. The Balaban J connectivity index is 2.15. The Hall–Kier alpha value is -2.60. The summed E-state index contributed by atoms with van der Waals surface area (Å²) in [6, 6.07) is 12.0. The smallest absolute Gasteiger partial charge is 0.261 e. The van der Waals surface area contributed by atoms with E-state index in [4.69, 9.17) is 16.3 Å². The number of nitrogens with one attached hydrogen (secondary N) is 1. The number of benzene rings is 2. The number of carbonyl (C=O) groups excluding carboxylic acids is 2. The molecule has 0 aromatic heterocycles. The molecule has 2 amide bonds. The number of unbranched alkanes of at least 4 members (excludes halogenated alkanes) is 1.